The van der Waals surface area contributed by atoms with Gasteiger partial charge in [-0.25, -0.2) is 4.79 Å². The Bertz CT molecular complexity index is 2020. The molecule has 4 amide bonds. The zero-order valence-electron chi connectivity index (χ0n) is 32.3. The molecule has 0 radical (unpaired) electrons. The first-order valence-electron chi connectivity index (χ1n) is 19.1. The third kappa shape index (κ3) is 10.6. The SMILES string of the molecule is Cc1cc(C(=O)N2CCNC(=O)C2)ncc1-c1ccc(C[C@H](CC(=O)C2CCC(CNC(=O)OC(C)(C)C)CC2)C(=O)Nc2ccc(-c3nn[nH]n3)cc2)cc1. The molecule has 4 N–H and O–H groups in total. The molecule has 15 nitrogen and oxygen atoms in total. The Kier molecular flexibility index (Phi) is 12.5. The van der Waals surface area contributed by atoms with Crippen LogP contribution in [-0.2, 0) is 25.5 Å². The third-order valence-electron chi connectivity index (χ3n) is 10.2. The molecule has 6 rings (SSSR count). The summed E-state index contributed by atoms with van der Waals surface area (Å²) in [4.78, 5) is 70.5. The van der Waals surface area contributed by atoms with E-state index in [9.17, 15) is 24.0 Å². The number of carbonyl (C=O) groups excluding carboxylic acids is 5. The van der Waals surface area contributed by atoms with Crippen LogP contribution in [0, 0.1) is 24.7 Å². The van der Waals surface area contributed by atoms with Crippen LogP contribution >= 0.6 is 0 Å². The topological polar surface area (TPSA) is 201 Å². The number of piperazine rings is 1. The Hall–Kier alpha value is -5.99. The number of rotatable bonds is 12. The lowest BCUT2D eigenvalue weighted by molar-refractivity contribution is -0.129. The number of hydrogen-bond donors (Lipinski definition) is 4. The van der Waals surface area contributed by atoms with Crippen LogP contribution in [0.1, 0.15) is 74.5 Å². The average molecular weight is 764 g/mol. The smallest absolute Gasteiger partial charge is 0.407 e. The van der Waals surface area contributed by atoms with E-state index in [4.69, 9.17) is 4.74 Å². The highest BCUT2D eigenvalue weighted by atomic mass is 16.6. The van der Waals surface area contributed by atoms with Crippen molar-refractivity contribution in [1.29, 1.82) is 0 Å². The Morgan fingerprint density at radius 2 is 1.70 bits per heavy atom. The van der Waals surface area contributed by atoms with Crippen LogP contribution in [-0.4, -0.2) is 91.9 Å². The minimum atomic E-state index is -0.623. The molecule has 15 heteroatoms. The summed E-state index contributed by atoms with van der Waals surface area (Å²) in [6.07, 6.45) is 4.68. The van der Waals surface area contributed by atoms with Gasteiger partial charge in [-0.15, -0.1) is 10.2 Å². The van der Waals surface area contributed by atoms with E-state index in [1.54, 1.807) is 36.5 Å². The molecular weight excluding hydrogens is 715 g/mol. The summed E-state index contributed by atoms with van der Waals surface area (Å²) in [5, 5.41) is 22.6. The molecule has 2 aromatic heterocycles. The van der Waals surface area contributed by atoms with Crippen molar-refractivity contribution in [3.63, 3.8) is 0 Å². The van der Waals surface area contributed by atoms with E-state index in [2.05, 4.69) is 41.6 Å². The largest absolute Gasteiger partial charge is 0.444 e. The summed E-state index contributed by atoms with van der Waals surface area (Å²) in [6.45, 7) is 8.74. The van der Waals surface area contributed by atoms with Crippen molar-refractivity contribution in [2.75, 3.05) is 31.5 Å². The van der Waals surface area contributed by atoms with Crippen LogP contribution in [0.2, 0.25) is 0 Å². The number of H-pyrrole nitrogens is 1. The number of anilines is 1. The van der Waals surface area contributed by atoms with Gasteiger partial charge in [0.25, 0.3) is 5.91 Å². The Balaban J connectivity index is 1.11. The maximum atomic E-state index is 13.9. The quantitative estimate of drug-likeness (QED) is 0.154. The van der Waals surface area contributed by atoms with Crippen LogP contribution in [0.25, 0.3) is 22.5 Å². The molecular formula is C41H49N9O6. The van der Waals surface area contributed by atoms with E-state index in [1.165, 1.54) is 4.90 Å². The van der Waals surface area contributed by atoms with Gasteiger partial charge in [0.05, 0.1) is 6.54 Å². The summed E-state index contributed by atoms with van der Waals surface area (Å²) in [5.41, 5.74) is 4.55. The molecule has 1 aliphatic carbocycles. The van der Waals surface area contributed by atoms with E-state index < -0.39 is 17.6 Å². The van der Waals surface area contributed by atoms with E-state index in [0.29, 0.717) is 50.4 Å². The lowest BCUT2D eigenvalue weighted by atomic mass is 9.77. The number of ketones is 1. The van der Waals surface area contributed by atoms with Crippen molar-refractivity contribution < 1.29 is 28.7 Å². The maximum Gasteiger partial charge on any atom is 0.407 e. The number of aromatic amines is 1. The molecule has 294 valence electrons. The van der Waals surface area contributed by atoms with E-state index in [-0.39, 0.29) is 54.0 Å². The van der Waals surface area contributed by atoms with E-state index >= 15 is 0 Å². The average Bonchev–Trinajstić information content (AvgIpc) is 3.72. The lowest BCUT2D eigenvalue weighted by Crippen LogP contribution is -2.50. The Morgan fingerprint density at radius 1 is 0.982 bits per heavy atom. The number of tetrazole rings is 1. The molecule has 0 unspecified atom stereocenters. The third-order valence-corrected chi connectivity index (χ3v) is 10.2. The predicted molar refractivity (Wildman–Crippen MR) is 208 cm³/mol. The summed E-state index contributed by atoms with van der Waals surface area (Å²) in [6, 6.07) is 16.7. The van der Waals surface area contributed by atoms with E-state index in [0.717, 1.165) is 40.7 Å². The molecule has 56 heavy (non-hydrogen) atoms. The van der Waals surface area contributed by atoms with Crippen LogP contribution in [0.15, 0.2) is 60.8 Å². The number of aryl methyl sites for hydroxylation is 1. The van der Waals surface area contributed by atoms with Crippen molar-refractivity contribution in [2.45, 2.75) is 71.8 Å². The number of nitrogens with zero attached hydrogens (tertiary/aromatic N) is 5. The molecule has 0 bridgehead atoms. The molecule has 4 aromatic rings. The van der Waals surface area contributed by atoms with Gasteiger partial charge in [0, 0.05) is 60.9 Å². The van der Waals surface area contributed by atoms with Crippen molar-refractivity contribution in [3.05, 3.63) is 77.6 Å². The number of alkyl carbamates (subject to hydrolysis) is 1. The number of benzene rings is 2. The number of carbonyl (C=O) groups is 5. The number of nitrogens with one attached hydrogen (secondary N) is 4. The van der Waals surface area contributed by atoms with Gasteiger partial charge >= 0.3 is 6.09 Å². The molecule has 0 spiro atoms. The number of hydrogen-bond acceptors (Lipinski definition) is 10. The van der Waals surface area contributed by atoms with Crippen molar-refractivity contribution >= 4 is 35.3 Å². The summed E-state index contributed by atoms with van der Waals surface area (Å²) < 4.78 is 5.36. The first-order chi connectivity index (χ1) is 26.8. The van der Waals surface area contributed by atoms with Gasteiger partial charge in [0.2, 0.25) is 17.6 Å². The molecule has 1 atom stereocenters. The summed E-state index contributed by atoms with van der Waals surface area (Å²) in [7, 11) is 0. The molecule has 2 aliphatic rings. The molecule has 1 saturated carbocycles. The first-order valence-corrected chi connectivity index (χ1v) is 19.1. The molecule has 3 heterocycles. The fraction of sp³-hybridized carbons (Fsp3) is 0.439. The lowest BCUT2D eigenvalue weighted by Gasteiger charge is -2.29. The van der Waals surface area contributed by atoms with Crippen molar-refractivity contribution in [3.8, 4) is 22.5 Å². The molecule has 2 aromatic carbocycles. The number of amides is 4. The number of Topliss-reactive ketones (excluding diaryl/α,β-unsaturated/α-hetero) is 1. The van der Waals surface area contributed by atoms with Crippen molar-refractivity contribution in [1.82, 2.24) is 41.1 Å². The highest BCUT2D eigenvalue weighted by molar-refractivity contribution is 5.97. The number of pyridine rings is 1. The van der Waals surface area contributed by atoms with Crippen LogP contribution in [0.5, 0.6) is 0 Å². The highest BCUT2D eigenvalue weighted by Gasteiger charge is 2.31. The van der Waals surface area contributed by atoms with Gasteiger partial charge in [-0.3, -0.25) is 24.2 Å². The normalized spacial score (nSPS) is 17.7. The highest BCUT2D eigenvalue weighted by Crippen LogP contribution is 2.32. The van der Waals surface area contributed by atoms with Gasteiger partial charge in [-0.1, -0.05) is 24.3 Å². The second-order valence-corrected chi connectivity index (χ2v) is 15.6. The number of aromatic nitrogens is 5. The fourth-order valence-corrected chi connectivity index (χ4v) is 7.18. The summed E-state index contributed by atoms with van der Waals surface area (Å²) >= 11 is 0. The van der Waals surface area contributed by atoms with Gasteiger partial charge in [0.15, 0.2) is 0 Å². The maximum absolute atomic E-state index is 13.9. The van der Waals surface area contributed by atoms with Gasteiger partial charge in [-0.05, 0) is 118 Å². The zero-order chi connectivity index (χ0) is 39.8. The van der Waals surface area contributed by atoms with Crippen molar-refractivity contribution in [2.24, 2.45) is 17.8 Å². The van der Waals surface area contributed by atoms with Crippen LogP contribution in [0.3, 0.4) is 0 Å². The fourth-order valence-electron chi connectivity index (χ4n) is 7.18. The monoisotopic (exact) mass is 763 g/mol. The Labute approximate surface area is 325 Å². The van der Waals surface area contributed by atoms with Gasteiger partial charge in [0.1, 0.15) is 17.1 Å². The molecule has 2 fully saturated rings. The zero-order valence-corrected chi connectivity index (χ0v) is 32.3. The summed E-state index contributed by atoms with van der Waals surface area (Å²) in [5.74, 6) is -0.743. The van der Waals surface area contributed by atoms with Crippen LogP contribution < -0.4 is 16.0 Å². The minimum Gasteiger partial charge on any atom is -0.444 e. The molecule has 1 aliphatic heterocycles. The van der Waals surface area contributed by atoms with Gasteiger partial charge < -0.3 is 25.6 Å². The number of ether oxygens (including phenoxy) is 1. The predicted octanol–water partition coefficient (Wildman–Crippen LogP) is 4.90. The second-order valence-electron chi connectivity index (χ2n) is 15.6. The minimum absolute atomic E-state index is 0.0113. The van der Waals surface area contributed by atoms with Gasteiger partial charge in [-0.2, -0.15) is 5.21 Å². The van der Waals surface area contributed by atoms with Crippen LogP contribution in [0.4, 0.5) is 10.5 Å². The van der Waals surface area contributed by atoms with E-state index in [1.807, 2.05) is 52.0 Å². The first kappa shape index (κ1) is 39.7. The molecule has 1 saturated heterocycles. The Morgan fingerprint density at radius 3 is 2.34 bits per heavy atom. The second kappa shape index (κ2) is 17.6. The standard InChI is InChI=1S/C41H49N9O6/c1-25-19-34(39(54)50-18-17-42-36(52)24-50)43-23-33(25)28-9-5-26(6-10-28)20-31(38(53)45-32-15-13-30(14-16-32)37-46-48-49-47-37)21-35(51)29-11-7-27(8-12-29)22-44-40(55)56-41(2,3)4/h5-6,9-10,13-16,19,23,27,29,31H,7-8,11-12,17-18,20-22,24H2,1-4H3,(H,42,52)(H,44,55)(H,45,53)(H,46,47,48,49)/t27?,29?,31-/m1/s1.